The van der Waals surface area contributed by atoms with Gasteiger partial charge in [-0.2, -0.15) is 21.0 Å². The minimum Gasteiger partial charge on any atom is -0.310 e. The summed E-state index contributed by atoms with van der Waals surface area (Å²) in [6.07, 6.45) is 0. The highest BCUT2D eigenvalue weighted by molar-refractivity contribution is 6.11. The zero-order valence-electron chi connectivity index (χ0n) is 30.2. The third-order valence-corrected chi connectivity index (χ3v) is 10.8. The number of aromatic nitrogens is 2. The van der Waals surface area contributed by atoms with Crippen molar-refractivity contribution in [2.24, 2.45) is 0 Å². The van der Waals surface area contributed by atoms with Gasteiger partial charge in [0, 0.05) is 50.0 Å². The van der Waals surface area contributed by atoms with Crippen LogP contribution in [0.1, 0.15) is 22.3 Å². The molecule has 0 atom stereocenters. The van der Waals surface area contributed by atoms with E-state index in [9.17, 15) is 21.0 Å². The number of nitrogens with zero attached hydrogens (tertiary/aromatic N) is 7. The van der Waals surface area contributed by atoms with E-state index in [4.69, 9.17) is 0 Å². The van der Waals surface area contributed by atoms with Gasteiger partial charge < -0.3 is 14.0 Å². The SMILES string of the molecule is N#Cc1ccc2c(c1)c1cc(C#N)ccc1n2-c1ccc(N(c2ccc(-n3c4ccc(C#N)cc4c4cc(C#N)ccc43)cc2)c2ccc3ccccc3c2)cc1. The molecule has 0 saturated heterocycles. The molecule has 0 aliphatic carbocycles. The first-order valence-electron chi connectivity index (χ1n) is 18.3. The summed E-state index contributed by atoms with van der Waals surface area (Å²) in [6, 6.07) is 63.5. The molecule has 0 N–H and O–H groups in total. The first-order chi connectivity index (χ1) is 28.0. The zero-order valence-corrected chi connectivity index (χ0v) is 30.2. The van der Waals surface area contributed by atoms with Gasteiger partial charge in [0.1, 0.15) is 0 Å². The maximum absolute atomic E-state index is 9.67. The lowest BCUT2D eigenvalue weighted by molar-refractivity contribution is 1.17. The molecule has 0 aliphatic heterocycles. The van der Waals surface area contributed by atoms with Gasteiger partial charge >= 0.3 is 0 Å². The summed E-state index contributed by atoms with van der Waals surface area (Å²) < 4.78 is 4.35. The summed E-state index contributed by atoms with van der Waals surface area (Å²) in [5, 5.41) is 44.6. The van der Waals surface area contributed by atoms with Gasteiger partial charge in [-0.05, 0) is 144 Å². The average Bonchev–Trinajstić information content (AvgIpc) is 3.77. The Bertz CT molecular complexity index is 3110. The van der Waals surface area contributed by atoms with Crippen LogP contribution in [-0.2, 0) is 0 Å². The predicted molar refractivity (Wildman–Crippen MR) is 226 cm³/mol. The summed E-state index contributed by atoms with van der Waals surface area (Å²) in [5.74, 6) is 0. The molecule has 7 nitrogen and oxygen atoms in total. The fourth-order valence-corrected chi connectivity index (χ4v) is 8.15. The van der Waals surface area contributed by atoms with E-state index in [0.717, 1.165) is 82.8 Å². The lowest BCUT2D eigenvalue weighted by Gasteiger charge is -2.26. The highest BCUT2D eigenvalue weighted by Gasteiger charge is 2.18. The third-order valence-electron chi connectivity index (χ3n) is 10.8. The number of hydrogen-bond donors (Lipinski definition) is 0. The van der Waals surface area contributed by atoms with Crippen molar-refractivity contribution in [1.29, 1.82) is 21.0 Å². The maximum atomic E-state index is 9.67. The van der Waals surface area contributed by atoms with Crippen molar-refractivity contribution < 1.29 is 0 Å². The van der Waals surface area contributed by atoms with Crippen molar-refractivity contribution in [1.82, 2.24) is 9.13 Å². The van der Waals surface area contributed by atoms with E-state index >= 15 is 0 Å². The van der Waals surface area contributed by atoms with E-state index in [1.807, 2.05) is 78.9 Å². The second-order valence-electron chi connectivity index (χ2n) is 13.9. The molecule has 0 aliphatic rings. The van der Waals surface area contributed by atoms with Crippen molar-refractivity contribution in [2.45, 2.75) is 0 Å². The molecule has 10 aromatic rings. The Hall–Kier alpha value is -8.62. The molecule has 2 heterocycles. The van der Waals surface area contributed by atoms with Crippen molar-refractivity contribution >= 4 is 71.4 Å². The Morgan fingerprint density at radius 3 is 1.05 bits per heavy atom. The van der Waals surface area contributed by atoms with Gasteiger partial charge in [-0.3, -0.25) is 0 Å². The van der Waals surface area contributed by atoms with E-state index in [0.29, 0.717) is 22.3 Å². The van der Waals surface area contributed by atoms with Crippen LogP contribution in [0, 0.1) is 45.3 Å². The fourth-order valence-electron chi connectivity index (χ4n) is 8.15. The molecule has 7 heteroatoms. The van der Waals surface area contributed by atoms with Crippen LogP contribution in [0.3, 0.4) is 0 Å². The second kappa shape index (κ2) is 13.0. The van der Waals surface area contributed by atoms with E-state index < -0.39 is 0 Å². The second-order valence-corrected chi connectivity index (χ2v) is 13.9. The minimum atomic E-state index is 0.565. The topological polar surface area (TPSA) is 108 Å². The molecule has 8 aromatic carbocycles. The smallest absolute Gasteiger partial charge is 0.0991 e. The van der Waals surface area contributed by atoms with Crippen LogP contribution in [0.2, 0.25) is 0 Å². The van der Waals surface area contributed by atoms with Crippen molar-refractivity contribution in [3.63, 3.8) is 0 Å². The monoisotopic (exact) mass is 725 g/mol. The van der Waals surface area contributed by atoms with Crippen LogP contribution < -0.4 is 4.90 Å². The van der Waals surface area contributed by atoms with Gasteiger partial charge in [0.2, 0.25) is 0 Å². The van der Waals surface area contributed by atoms with Gasteiger partial charge in [-0.25, -0.2) is 0 Å². The lowest BCUT2D eigenvalue weighted by atomic mass is 10.1. The molecule has 0 unspecified atom stereocenters. The molecule has 0 amide bonds. The zero-order chi connectivity index (χ0) is 38.6. The van der Waals surface area contributed by atoms with Crippen LogP contribution in [0.25, 0.3) is 65.8 Å². The molecule has 0 fully saturated rings. The summed E-state index contributed by atoms with van der Waals surface area (Å²) >= 11 is 0. The first kappa shape index (κ1) is 33.0. The molecule has 262 valence electrons. The summed E-state index contributed by atoms with van der Waals surface area (Å²) in [4.78, 5) is 2.24. The van der Waals surface area contributed by atoms with Gasteiger partial charge in [0.25, 0.3) is 0 Å². The van der Waals surface area contributed by atoms with Crippen LogP contribution in [0.5, 0.6) is 0 Å². The maximum Gasteiger partial charge on any atom is 0.0991 e. The average molecular weight is 726 g/mol. The number of hydrogen-bond acceptors (Lipinski definition) is 5. The van der Waals surface area contributed by atoms with Crippen LogP contribution >= 0.6 is 0 Å². The van der Waals surface area contributed by atoms with Crippen molar-refractivity contribution in [3.05, 3.63) is 186 Å². The molecule has 0 bridgehead atoms. The highest BCUT2D eigenvalue weighted by Crippen LogP contribution is 2.40. The number of nitriles is 4. The van der Waals surface area contributed by atoms with Crippen molar-refractivity contribution in [3.8, 4) is 35.7 Å². The molecule has 0 saturated carbocycles. The normalized spacial score (nSPS) is 11.1. The summed E-state index contributed by atoms with van der Waals surface area (Å²) in [5.41, 5.74) is 10.9. The molecular formula is C50H27N7. The molecule has 57 heavy (non-hydrogen) atoms. The molecule has 0 spiro atoms. The number of rotatable bonds is 5. The Balaban J connectivity index is 1.11. The van der Waals surface area contributed by atoms with E-state index in [1.165, 1.54) is 0 Å². The Morgan fingerprint density at radius 1 is 0.333 bits per heavy atom. The Kier molecular flexibility index (Phi) is 7.55. The minimum absolute atomic E-state index is 0.565. The molecular weight excluding hydrogens is 699 g/mol. The molecule has 0 radical (unpaired) electrons. The lowest BCUT2D eigenvalue weighted by Crippen LogP contribution is -2.10. The number of anilines is 3. The Morgan fingerprint density at radius 2 is 0.684 bits per heavy atom. The van der Waals surface area contributed by atoms with E-state index in [-0.39, 0.29) is 0 Å². The fraction of sp³-hybridized carbons (Fsp3) is 0. The van der Waals surface area contributed by atoms with E-state index in [2.05, 4.69) is 123 Å². The Labute approximate surface area is 327 Å². The molecule has 2 aromatic heterocycles. The van der Waals surface area contributed by atoms with Crippen LogP contribution in [-0.4, -0.2) is 9.13 Å². The predicted octanol–water partition coefficient (Wildman–Crippen LogP) is 12.0. The van der Waals surface area contributed by atoms with Crippen molar-refractivity contribution in [2.75, 3.05) is 4.90 Å². The van der Waals surface area contributed by atoms with Gasteiger partial charge in [0.05, 0.1) is 68.6 Å². The largest absolute Gasteiger partial charge is 0.310 e. The number of fused-ring (bicyclic) bond motifs is 7. The van der Waals surface area contributed by atoms with Crippen LogP contribution in [0.4, 0.5) is 17.1 Å². The molecule has 10 rings (SSSR count). The van der Waals surface area contributed by atoms with Gasteiger partial charge in [-0.1, -0.05) is 30.3 Å². The standard InChI is InChI=1S/C50H27N7/c51-28-32-5-19-47-43(23-32)44-24-33(29-52)6-20-48(44)56(47)40-15-11-38(12-16-40)55(42-10-9-36-3-1-2-4-37(36)27-42)39-13-17-41(18-14-39)57-49-21-7-34(30-53)25-45(49)46-26-35(31-54)8-22-50(46)57/h1-27H. The quantitative estimate of drug-likeness (QED) is 0.175. The summed E-state index contributed by atoms with van der Waals surface area (Å²) in [7, 11) is 0. The summed E-state index contributed by atoms with van der Waals surface area (Å²) in [6.45, 7) is 0. The van der Waals surface area contributed by atoms with Gasteiger partial charge in [-0.15, -0.1) is 0 Å². The van der Waals surface area contributed by atoms with Crippen LogP contribution in [0.15, 0.2) is 164 Å². The van der Waals surface area contributed by atoms with Gasteiger partial charge in [0.15, 0.2) is 0 Å². The highest BCUT2D eigenvalue weighted by atomic mass is 15.1. The number of benzene rings is 8. The third kappa shape index (κ3) is 5.32. The van der Waals surface area contributed by atoms with E-state index in [1.54, 1.807) is 0 Å². The first-order valence-corrected chi connectivity index (χ1v) is 18.3.